The van der Waals surface area contributed by atoms with Gasteiger partial charge in [-0.05, 0) is 0 Å². The number of sulfone groups is 1. The quantitative estimate of drug-likeness (QED) is 0.504. The number of nitrogens with zero attached hydrogens (tertiary/aromatic N) is 2. The normalized spacial score (nSPS) is 10.4. The van der Waals surface area contributed by atoms with Crippen molar-refractivity contribution in [2.24, 2.45) is 0 Å². The third kappa shape index (κ3) is 2.82. The van der Waals surface area contributed by atoms with E-state index in [0.29, 0.717) is 5.56 Å². The highest BCUT2D eigenvalue weighted by Crippen LogP contribution is 2.00. The molecular formula is C9H10N2O2S. The second kappa shape index (κ2) is 4.20. The predicted molar refractivity (Wildman–Crippen MR) is 52.3 cm³/mol. The lowest BCUT2D eigenvalue weighted by Gasteiger charge is -1.94. The average molecular weight is 210 g/mol. The highest BCUT2D eigenvalue weighted by molar-refractivity contribution is 7.90. The number of hydrogen-bond acceptors (Lipinski definition) is 4. The second-order valence-corrected chi connectivity index (χ2v) is 4.59. The lowest BCUT2D eigenvalue weighted by molar-refractivity contribution is 0.593. The van der Waals surface area contributed by atoms with Crippen LogP contribution in [0.1, 0.15) is 18.9 Å². The molecule has 4 nitrogen and oxygen atoms in total. The smallest absolute Gasteiger partial charge is 0.226 e. The van der Waals surface area contributed by atoms with Crippen molar-refractivity contribution in [1.29, 1.82) is 0 Å². The Hall–Kier alpha value is -1.41. The molecule has 0 atom stereocenters. The lowest BCUT2D eigenvalue weighted by Crippen LogP contribution is -2.03. The standard InChI is InChI=1S/C9H10N2O2S/c1-3-4-5-8-6-10-9(11-7-8)14(2,12)13/h6-7H,3H2,1-2H3. The summed E-state index contributed by atoms with van der Waals surface area (Å²) in [5, 5.41) is -0.167. The summed E-state index contributed by atoms with van der Waals surface area (Å²) in [4.78, 5) is 7.40. The van der Waals surface area contributed by atoms with Crippen LogP contribution < -0.4 is 0 Å². The van der Waals surface area contributed by atoms with Crippen molar-refractivity contribution in [3.05, 3.63) is 18.0 Å². The fourth-order valence-corrected chi connectivity index (χ4v) is 1.25. The van der Waals surface area contributed by atoms with Gasteiger partial charge in [0.15, 0.2) is 0 Å². The molecule has 0 saturated heterocycles. The van der Waals surface area contributed by atoms with Crippen molar-refractivity contribution in [2.75, 3.05) is 6.26 Å². The van der Waals surface area contributed by atoms with Crippen molar-refractivity contribution in [1.82, 2.24) is 9.97 Å². The maximum absolute atomic E-state index is 11.0. The summed E-state index contributed by atoms with van der Waals surface area (Å²) < 4.78 is 22.0. The van der Waals surface area contributed by atoms with Gasteiger partial charge in [0.25, 0.3) is 0 Å². The Labute approximate surface area is 83.3 Å². The largest absolute Gasteiger partial charge is 0.246 e. The van der Waals surface area contributed by atoms with E-state index in [0.717, 1.165) is 12.7 Å². The Balaban J connectivity index is 3.01. The van der Waals surface area contributed by atoms with Crippen LogP contribution in [0.15, 0.2) is 17.6 Å². The first-order chi connectivity index (χ1) is 6.54. The van der Waals surface area contributed by atoms with Gasteiger partial charge in [-0.15, -0.1) is 0 Å². The fourth-order valence-electron chi connectivity index (χ4n) is 0.763. The topological polar surface area (TPSA) is 59.9 Å². The van der Waals surface area contributed by atoms with Gasteiger partial charge >= 0.3 is 0 Å². The predicted octanol–water partition coefficient (Wildman–Crippen LogP) is 0.642. The van der Waals surface area contributed by atoms with E-state index < -0.39 is 9.84 Å². The van der Waals surface area contributed by atoms with Crippen molar-refractivity contribution >= 4 is 9.84 Å². The maximum Gasteiger partial charge on any atom is 0.246 e. The Morgan fingerprint density at radius 3 is 2.36 bits per heavy atom. The van der Waals surface area contributed by atoms with Crippen LogP contribution in [0.5, 0.6) is 0 Å². The second-order valence-electron chi connectivity index (χ2n) is 2.68. The average Bonchev–Trinajstić information content (AvgIpc) is 2.14. The first-order valence-corrected chi connectivity index (χ1v) is 5.94. The molecule has 0 spiro atoms. The molecule has 5 heteroatoms. The van der Waals surface area contributed by atoms with Crippen LogP contribution in [0.4, 0.5) is 0 Å². The van der Waals surface area contributed by atoms with E-state index in [9.17, 15) is 8.42 Å². The molecule has 0 bridgehead atoms. The highest BCUT2D eigenvalue weighted by Gasteiger charge is 2.09. The van der Waals surface area contributed by atoms with Crippen LogP contribution in [0.3, 0.4) is 0 Å². The van der Waals surface area contributed by atoms with Crippen LogP contribution in [0, 0.1) is 11.8 Å². The third-order valence-corrected chi connectivity index (χ3v) is 2.24. The summed E-state index contributed by atoms with van der Waals surface area (Å²) in [6.07, 6.45) is 4.63. The van der Waals surface area contributed by atoms with Crippen molar-refractivity contribution < 1.29 is 8.42 Å². The van der Waals surface area contributed by atoms with E-state index in [1.807, 2.05) is 6.92 Å². The first kappa shape index (κ1) is 10.7. The minimum absolute atomic E-state index is 0.167. The third-order valence-electron chi connectivity index (χ3n) is 1.37. The van der Waals surface area contributed by atoms with Crippen LogP contribution in [0.2, 0.25) is 0 Å². The van der Waals surface area contributed by atoms with Gasteiger partial charge in [-0.1, -0.05) is 18.8 Å². The molecular weight excluding hydrogens is 200 g/mol. The summed E-state index contributed by atoms with van der Waals surface area (Å²) in [5.74, 6) is 5.65. The molecule has 0 amide bonds. The summed E-state index contributed by atoms with van der Waals surface area (Å²) in [7, 11) is -3.31. The first-order valence-electron chi connectivity index (χ1n) is 4.05. The maximum atomic E-state index is 11.0. The molecule has 0 unspecified atom stereocenters. The zero-order valence-corrected chi connectivity index (χ0v) is 8.80. The molecule has 1 rings (SSSR count). The molecule has 0 N–H and O–H groups in total. The van der Waals surface area contributed by atoms with Gasteiger partial charge in [0, 0.05) is 25.1 Å². The number of rotatable bonds is 1. The molecule has 0 aliphatic rings. The van der Waals surface area contributed by atoms with Crippen molar-refractivity contribution in [2.45, 2.75) is 18.5 Å². The van der Waals surface area contributed by atoms with E-state index in [2.05, 4.69) is 21.8 Å². The Morgan fingerprint density at radius 2 is 1.93 bits per heavy atom. The zero-order valence-electron chi connectivity index (χ0n) is 7.98. The van der Waals surface area contributed by atoms with Gasteiger partial charge in [-0.25, -0.2) is 18.4 Å². The van der Waals surface area contributed by atoms with Crippen LogP contribution >= 0.6 is 0 Å². The molecule has 0 aliphatic carbocycles. The lowest BCUT2D eigenvalue weighted by atomic mass is 10.3. The molecule has 1 aromatic rings. The molecule has 0 aliphatic heterocycles. The summed E-state index contributed by atoms with van der Waals surface area (Å²) in [5.41, 5.74) is 0.624. The molecule has 14 heavy (non-hydrogen) atoms. The number of aromatic nitrogens is 2. The Kier molecular flexibility index (Phi) is 3.20. The van der Waals surface area contributed by atoms with Crippen molar-refractivity contribution in [3.63, 3.8) is 0 Å². The van der Waals surface area contributed by atoms with Gasteiger partial charge in [0.2, 0.25) is 15.0 Å². The van der Waals surface area contributed by atoms with Crippen LogP contribution in [-0.2, 0) is 9.84 Å². The van der Waals surface area contributed by atoms with Gasteiger partial charge in [-0.3, -0.25) is 0 Å². The zero-order chi connectivity index (χ0) is 10.6. The van der Waals surface area contributed by atoms with E-state index in [4.69, 9.17) is 0 Å². The van der Waals surface area contributed by atoms with E-state index in [1.165, 1.54) is 12.4 Å². The summed E-state index contributed by atoms with van der Waals surface area (Å²) in [6, 6.07) is 0. The fraction of sp³-hybridized carbons (Fsp3) is 0.333. The highest BCUT2D eigenvalue weighted by atomic mass is 32.2. The van der Waals surface area contributed by atoms with E-state index in [1.54, 1.807) is 0 Å². The van der Waals surface area contributed by atoms with Gasteiger partial charge in [-0.2, -0.15) is 0 Å². The SMILES string of the molecule is CCC#Cc1cnc(S(C)(=O)=O)nc1. The molecule has 1 aromatic heterocycles. The molecule has 0 saturated carbocycles. The summed E-state index contributed by atoms with van der Waals surface area (Å²) >= 11 is 0. The Bertz CT molecular complexity index is 466. The molecule has 1 heterocycles. The van der Waals surface area contributed by atoms with Crippen LogP contribution in [-0.4, -0.2) is 24.6 Å². The molecule has 0 radical (unpaired) electrons. The molecule has 74 valence electrons. The monoisotopic (exact) mass is 210 g/mol. The van der Waals surface area contributed by atoms with E-state index >= 15 is 0 Å². The summed E-state index contributed by atoms with van der Waals surface area (Å²) in [6.45, 7) is 1.93. The van der Waals surface area contributed by atoms with Gasteiger partial charge in [0.05, 0.1) is 5.56 Å². The van der Waals surface area contributed by atoms with Gasteiger partial charge < -0.3 is 0 Å². The number of hydrogen-bond donors (Lipinski definition) is 0. The van der Waals surface area contributed by atoms with Crippen LogP contribution in [0.25, 0.3) is 0 Å². The van der Waals surface area contributed by atoms with Crippen molar-refractivity contribution in [3.8, 4) is 11.8 Å². The Morgan fingerprint density at radius 1 is 1.36 bits per heavy atom. The minimum Gasteiger partial charge on any atom is -0.226 e. The van der Waals surface area contributed by atoms with Gasteiger partial charge in [0.1, 0.15) is 0 Å². The minimum atomic E-state index is -3.31. The molecule has 0 fully saturated rings. The van der Waals surface area contributed by atoms with E-state index in [-0.39, 0.29) is 5.16 Å². The molecule has 0 aromatic carbocycles.